The Hall–Kier alpha value is -1.00. The Labute approximate surface area is 77.4 Å². The second kappa shape index (κ2) is 2.50. The van der Waals surface area contributed by atoms with Crippen LogP contribution in [0.1, 0.15) is 0 Å². The molecule has 12 heavy (non-hydrogen) atoms. The number of imidazole rings is 1. The van der Waals surface area contributed by atoms with Crippen LogP contribution in [0.4, 0.5) is 0 Å². The zero-order valence-electron chi connectivity index (χ0n) is 5.70. The van der Waals surface area contributed by atoms with Crippen LogP contribution in [-0.4, -0.2) is 19.5 Å². The van der Waals surface area contributed by atoms with E-state index in [4.69, 9.17) is 28.3 Å². The van der Waals surface area contributed by atoms with Crippen LogP contribution in [0.15, 0.2) is 12.3 Å². The summed E-state index contributed by atoms with van der Waals surface area (Å²) in [6.07, 6.45) is 1.36. The van der Waals surface area contributed by atoms with Crippen molar-refractivity contribution in [1.82, 2.24) is 14.4 Å². The lowest BCUT2D eigenvalue weighted by molar-refractivity contribution is 0.457. The minimum atomic E-state index is -0.133. The molecule has 0 atom stereocenters. The summed E-state index contributed by atoms with van der Waals surface area (Å²) in [4.78, 5) is 7.50. The van der Waals surface area contributed by atoms with Crippen molar-refractivity contribution in [3.8, 4) is 5.88 Å². The molecule has 0 aliphatic carbocycles. The second-order valence-corrected chi connectivity index (χ2v) is 2.95. The fourth-order valence-electron chi connectivity index (χ4n) is 0.890. The fraction of sp³-hybridized carbons (Fsp3) is 0. The fourth-order valence-corrected chi connectivity index (χ4v) is 1.35. The van der Waals surface area contributed by atoms with Gasteiger partial charge in [-0.05, 0) is 0 Å². The smallest absolute Gasteiger partial charge is 0.239 e. The predicted octanol–water partition coefficient (Wildman–Crippen LogP) is 1.74. The monoisotopic (exact) mass is 203 g/mol. The Balaban J connectivity index is 2.88. The van der Waals surface area contributed by atoms with Crippen molar-refractivity contribution < 1.29 is 5.11 Å². The minimum Gasteiger partial charge on any atom is -0.492 e. The zero-order valence-corrected chi connectivity index (χ0v) is 7.21. The van der Waals surface area contributed by atoms with E-state index in [-0.39, 0.29) is 16.8 Å². The van der Waals surface area contributed by atoms with Gasteiger partial charge in [0.05, 0.1) is 6.20 Å². The number of hydrogen-bond acceptors (Lipinski definition) is 3. The van der Waals surface area contributed by atoms with Crippen molar-refractivity contribution in [1.29, 1.82) is 0 Å². The van der Waals surface area contributed by atoms with Gasteiger partial charge in [-0.25, -0.2) is 4.98 Å². The van der Waals surface area contributed by atoms with Crippen LogP contribution in [0.25, 0.3) is 5.78 Å². The first-order valence-electron chi connectivity index (χ1n) is 3.07. The third-order valence-electron chi connectivity index (χ3n) is 1.35. The molecule has 2 aromatic rings. The summed E-state index contributed by atoms with van der Waals surface area (Å²) < 4.78 is 1.43. The van der Waals surface area contributed by atoms with Crippen LogP contribution in [0, 0.1) is 0 Å². The molecule has 0 radical (unpaired) electrons. The molecule has 4 nitrogen and oxygen atoms in total. The Morgan fingerprint density at radius 1 is 1.33 bits per heavy atom. The molecule has 0 bridgehead atoms. The lowest BCUT2D eigenvalue weighted by Crippen LogP contribution is -1.88. The van der Waals surface area contributed by atoms with Gasteiger partial charge in [0.25, 0.3) is 0 Å². The van der Waals surface area contributed by atoms with E-state index in [9.17, 15) is 0 Å². The number of hydrogen-bond donors (Lipinski definition) is 1. The van der Waals surface area contributed by atoms with Crippen molar-refractivity contribution in [2.24, 2.45) is 0 Å². The van der Waals surface area contributed by atoms with Crippen LogP contribution in [0.2, 0.25) is 10.3 Å². The van der Waals surface area contributed by atoms with Gasteiger partial charge in [0.15, 0.2) is 0 Å². The molecule has 6 heteroatoms. The summed E-state index contributed by atoms with van der Waals surface area (Å²) in [6.45, 7) is 0. The molecular weight excluding hydrogens is 201 g/mol. The summed E-state index contributed by atoms with van der Waals surface area (Å²) >= 11 is 11.4. The summed E-state index contributed by atoms with van der Waals surface area (Å²) in [5.41, 5.74) is 0. The molecule has 0 aromatic carbocycles. The standard InChI is InChI=1S/C6H3Cl2N3O/c7-3-1-4(8)11-2-5(12)10-6(11)9-3/h1-2,12H. The van der Waals surface area contributed by atoms with E-state index in [2.05, 4.69) is 9.97 Å². The van der Waals surface area contributed by atoms with Gasteiger partial charge < -0.3 is 5.11 Å². The molecule has 0 amide bonds. The van der Waals surface area contributed by atoms with Crippen molar-refractivity contribution in [3.63, 3.8) is 0 Å². The van der Waals surface area contributed by atoms with Gasteiger partial charge in [-0.15, -0.1) is 0 Å². The van der Waals surface area contributed by atoms with Crippen LogP contribution < -0.4 is 0 Å². The maximum atomic E-state index is 9.00. The van der Waals surface area contributed by atoms with Crippen LogP contribution >= 0.6 is 23.2 Å². The molecule has 2 rings (SSSR count). The quantitative estimate of drug-likeness (QED) is 0.665. The van der Waals surface area contributed by atoms with Gasteiger partial charge in [-0.2, -0.15) is 4.98 Å². The van der Waals surface area contributed by atoms with Crippen LogP contribution in [0.5, 0.6) is 5.88 Å². The summed E-state index contributed by atoms with van der Waals surface area (Å²) in [6, 6.07) is 1.47. The first-order chi connectivity index (χ1) is 5.66. The minimum absolute atomic E-state index is 0.133. The van der Waals surface area contributed by atoms with E-state index >= 15 is 0 Å². The first kappa shape index (κ1) is 7.64. The molecule has 62 valence electrons. The molecule has 2 heterocycles. The van der Waals surface area contributed by atoms with Crippen LogP contribution in [-0.2, 0) is 0 Å². The first-order valence-corrected chi connectivity index (χ1v) is 3.82. The lowest BCUT2D eigenvalue weighted by atomic mass is 10.6. The average molecular weight is 204 g/mol. The van der Waals surface area contributed by atoms with E-state index in [0.717, 1.165) is 0 Å². The predicted molar refractivity (Wildman–Crippen MR) is 44.7 cm³/mol. The molecule has 0 saturated heterocycles. The highest BCUT2D eigenvalue weighted by molar-refractivity contribution is 6.33. The maximum Gasteiger partial charge on any atom is 0.239 e. The molecule has 2 aromatic heterocycles. The maximum absolute atomic E-state index is 9.00. The van der Waals surface area contributed by atoms with Gasteiger partial charge in [-0.1, -0.05) is 23.2 Å². The second-order valence-electron chi connectivity index (χ2n) is 2.17. The van der Waals surface area contributed by atoms with Crippen LogP contribution in [0.3, 0.4) is 0 Å². The average Bonchev–Trinajstić information content (AvgIpc) is 2.29. The van der Waals surface area contributed by atoms with E-state index in [1.54, 1.807) is 0 Å². The van der Waals surface area contributed by atoms with E-state index in [0.29, 0.717) is 5.15 Å². The number of halogens is 2. The van der Waals surface area contributed by atoms with Gasteiger partial charge in [0, 0.05) is 6.07 Å². The Bertz CT molecular complexity index is 440. The topological polar surface area (TPSA) is 50.4 Å². The third-order valence-corrected chi connectivity index (χ3v) is 1.83. The van der Waals surface area contributed by atoms with Gasteiger partial charge in [0.2, 0.25) is 11.7 Å². The Kier molecular flexibility index (Phi) is 1.59. The largest absolute Gasteiger partial charge is 0.492 e. The highest BCUT2D eigenvalue weighted by Crippen LogP contribution is 2.18. The Morgan fingerprint density at radius 2 is 2.08 bits per heavy atom. The SMILES string of the molecule is Oc1cn2c(Cl)cc(Cl)nc2n1. The highest BCUT2D eigenvalue weighted by atomic mass is 35.5. The summed E-state index contributed by atoms with van der Waals surface area (Å²) in [7, 11) is 0. The molecule has 0 fully saturated rings. The normalized spacial score (nSPS) is 10.8. The van der Waals surface area contributed by atoms with Gasteiger partial charge in [-0.3, -0.25) is 4.40 Å². The number of rotatable bonds is 0. The van der Waals surface area contributed by atoms with Gasteiger partial charge in [0.1, 0.15) is 10.3 Å². The van der Waals surface area contributed by atoms with E-state index in [1.807, 2.05) is 0 Å². The zero-order chi connectivity index (χ0) is 8.72. The van der Waals surface area contributed by atoms with Crippen molar-refractivity contribution in [3.05, 3.63) is 22.6 Å². The van der Waals surface area contributed by atoms with E-state index in [1.165, 1.54) is 16.7 Å². The number of nitrogens with zero attached hydrogens (tertiary/aromatic N) is 3. The molecule has 0 unspecified atom stereocenters. The third kappa shape index (κ3) is 1.09. The number of fused-ring (bicyclic) bond motifs is 1. The molecule has 0 aliphatic rings. The number of aromatic hydroxyl groups is 1. The molecule has 0 aliphatic heterocycles. The molecule has 1 N–H and O–H groups in total. The summed E-state index contributed by atoms with van der Waals surface area (Å²) in [5.74, 6) is 0.150. The number of aromatic nitrogens is 3. The highest BCUT2D eigenvalue weighted by Gasteiger charge is 2.05. The van der Waals surface area contributed by atoms with Crippen molar-refractivity contribution in [2.45, 2.75) is 0 Å². The summed E-state index contributed by atoms with van der Waals surface area (Å²) in [5, 5.41) is 9.61. The molecule has 0 saturated carbocycles. The molecular formula is C6H3Cl2N3O. The van der Waals surface area contributed by atoms with Gasteiger partial charge >= 0.3 is 0 Å². The van der Waals surface area contributed by atoms with Crippen molar-refractivity contribution in [2.75, 3.05) is 0 Å². The molecule has 0 spiro atoms. The van der Waals surface area contributed by atoms with E-state index < -0.39 is 0 Å². The van der Waals surface area contributed by atoms with Crippen molar-refractivity contribution >= 4 is 29.0 Å². The Morgan fingerprint density at radius 3 is 2.83 bits per heavy atom. The lowest BCUT2D eigenvalue weighted by Gasteiger charge is -1.95.